The van der Waals surface area contributed by atoms with Crippen LogP contribution in [-0.2, 0) is 11.3 Å². The molecular formula is C11H21N3O. The van der Waals surface area contributed by atoms with Gasteiger partial charge in [0.1, 0.15) is 0 Å². The van der Waals surface area contributed by atoms with Gasteiger partial charge in [0.15, 0.2) is 0 Å². The van der Waals surface area contributed by atoms with Crippen LogP contribution in [0.15, 0.2) is 12.5 Å². The average molecular weight is 211 g/mol. The highest BCUT2D eigenvalue weighted by molar-refractivity contribution is 4.99. The fraction of sp³-hybridized carbons (Fsp3) is 0.727. The lowest BCUT2D eigenvalue weighted by Crippen LogP contribution is -2.26. The Morgan fingerprint density at radius 2 is 2.20 bits per heavy atom. The van der Waals surface area contributed by atoms with Crippen LogP contribution in [0.3, 0.4) is 0 Å². The van der Waals surface area contributed by atoms with E-state index in [4.69, 9.17) is 4.74 Å². The van der Waals surface area contributed by atoms with Crippen LogP contribution in [0.1, 0.15) is 32.5 Å². The number of hydrogen-bond acceptors (Lipinski definition) is 3. The molecule has 0 fully saturated rings. The molecule has 0 aliphatic carbocycles. The second-order valence-corrected chi connectivity index (χ2v) is 4.06. The zero-order valence-corrected chi connectivity index (χ0v) is 10.0. The van der Waals surface area contributed by atoms with Crippen molar-refractivity contribution in [3.8, 4) is 0 Å². The summed E-state index contributed by atoms with van der Waals surface area (Å²) in [4.78, 5) is 4.15. The Balaban J connectivity index is 2.40. The minimum Gasteiger partial charge on any atom is -0.380 e. The molecule has 1 aromatic heterocycles. The number of aromatic nitrogens is 2. The molecule has 1 unspecified atom stereocenters. The molecule has 1 atom stereocenters. The molecule has 1 N–H and O–H groups in total. The fourth-order valence-electron chi connectivity index (χ4n) is 1.42. The monoisotopic (exact) mass is 211 g/mol. The van der Waals surface area contributed by atoms with Gasteiger partial charge < -0.3 is 14.6 Å². The Bertz CT molecular complexity index is 283. The maximum Gasteiger partial charge on any atom is 0.0951 e. The normalized spacial score (nSPS) is 13.4. The van der Waals surface area contributed by atoms with E-state index in [-0.39, 0.29) is 6.10 Å². The first-order valence-electron chi connectivity index (χ1n) is 5.39. The van der Waals surface area contributed by atoms with E-state index in [9.17, 15) is 0 Å². The predicted octanol–water partition coefficient (Wildman–Crippen LogP) is 1.59. The van der Waals surface area contributed by atoms with Crippen molar-refractivity contribution in [3.05, 3.63) is 18.2 Å². The van der Waals surface area contributed by atoms with E-state index >= 15 is 0 Å². The van der Waals surface area contributed by atoms with Crippen LogP contribution in [-0.4, -0.2) is 29.3 Å². The van der Waals surface area contributed by atoms with Crippen molar-refractivity contribution < 1.29 is 4.74 Å². The molecule has 0 radical (unpaired) electrons. The molecule has 0 aromatic carbocycles. The third-order valence-electron chi connectivity index (χ3n) is 2.44. The van der Waals surface area contributed by atoms with Crippen molar-refractivity contribution in [2.75, 3.05) is 13.7 Å². The number of methoxy groups -OCH3 is 1. The number of imidazole rings is 1. The van der Waals surface area contributed by atoms with Crippen LogP contribution < -0.4 is 5.32 Å². The van der Waals surface area contributed by atoms with E-state index in [0.717, 1.165) is 13.1 Å². The van der Waals surface area contributed by atoms with Crippen LogP contribution in [0.2, 0.25) is 0 Å². The zero-order valence-electron chi connectivity index (χ0n) is 10.0. The third-order valence-corrected chi connectivity index (χ3v) is 2.44. The lowest BCUT2D eigenvalue weighted by molar-refractivity contribution is 0.117. The molecule has 0 bridgehead atoms. The molecule has 1 rings (SSSR count). The van der Waals surface area contributed by atoms with Gasteiger partial charge in [0, 0.05) is 32.4 Å². The summed E-state index contributed by atoms with van der Waals surface area (Å²) in [6.07, 6.45) is 4.03. The molecule has 0 spiro atoms. The molecule has 1 heterocycles. The Hall–Kier alpha value is -0.870. The SMILES string of the molecule is COC(C)CNCc1cncn1C(C)C. The van der Waals surface area contributed by atoms with E-state index in [1.165, 1.54) is 5.69 Å². The van der Waals surface area contributed by atoms with Crippen LogP contribution in [0, 0.1) is 0 Å². The number of rotatable bonds is 6. The minimum absolute atomic E-state index is 0.250. The van der Waals surface area contributed by atoms with Crippen molar-refractivity contribution in [3.63, 3.8) is 0 Å². The molecule has 15 heavy (non-hydrogen) atoms. The lowest BCUT2D eigenvalue weighted by Gasteiger charge is -2.14. The molecule has 4 nitrogen and oxygen atoms in total. The molecule has 86 valence electrons. The average Bonchev–Trinajstić information content (AvgIpc) is 2.65. The molecule has 4 heteroatoms. The molecule has 0 amide bonds. The summed E-state index contributed by atoms with van der Waals surface area (Å²) in [5.74, 6) is 0. The third kappa shape index (κ3) is 3.64. The molecule has 0 saturated carbocycles. The van der Waals surface area contributed by atoms with Crippen molar-refractivity contribution in [2.24, 2.45) is 0 Å². The van der Waals surface area contributed by atoms with E-state index in [1.807, 2.05) is 19.4 Å². The number of nitrogens with zero attached hydrogens (tertiary/aromatic N) is 2. The zero-order chi connectivity index (χ0) is 11.3. The topological polar surface area (TPSA) is 39.1 Å². The number of nitrogens with one attached hydrogen (secondary N) is 1. The summed E-state index contributed by atoms with van der Waals surface area (Å²) in [5.41, 5.74) is 1.22. The fourth-order valence-corrected chi connectivity index (χ4v) is 1.42. The summed E-state index contributed by atoms with van der Waals surface area (Å²) in [5, 5.41) is 3.35. The number of hydrogen-bond donors (Lipinski definition) is 1. The molecule has 1 aromatic rings. The summed E-state index contributed by atoms with van der Waals surface area (Å²) in [6.45, 7) is 8.06. The van der Waals surface area contributed by atoms with Gasteiger partial charge in [-0.1, -0.05) is 0 Å². The minimum atomic E-state index is 0.250. The highest BCUT2D eigenvalue weighted by Crippen LogP contribution is 2.08. The van der Waals surface area contributed by atoms with Gasteiger partial charge in [0.05, 0.1) is 18.1 Å². The summed E-state index contributed by atoms with van der Waals surface area (Å²) >= 11 is 0. The highest BCUT2D eigenvalue weighted by Gasteiger charge is 2.05. The summed E-state index contributed by atoms with van der Waals surface area (Å²) in [7, 11) is 1.73. The van der Waals surface area contributed by atoms with Crippen molar-refractivity contribution in [1.82, 2.24) is 14.9 Å². The quantitative estimate of drug-likeness (QED) is 0.776. The van der Waals surface area contributed by atoms with Crippen LogP contribution in [0.25, 0.3) is 0 Å². The Kier molecular flexibility index (Phi) is 4.78. The maximum absolute atomic E-state index is 5.16. The Labute approximate surface area is 91.7 Å². The van der Waals surface area contributed by atoms with Gasteiger partial charge >= 0.3 is 0 Å². The van der Waals surface area contributed by atoms with Crippen molar-refractivity contribution in [2.45, 2.75) is 39.5 Å². The highest BCUT2D eigenvalue weighted by atomic mass is 16.5. The predicted molar refractivity (Wildman–Crippen MR) is 60.8 cm³/mol. The van der Waals surface area contributed by atoms with Gasteiger partial charge in [-0.05, 0) is 20.8 Å². The van der Waals surface area contributed by atoms with Crippen molar-refractivity contribution >= 4 is 0 Å². The first kappa shape index (κ1) is 12.2. The van der Waals surface area contributed by atoms with Gasteiger partial charge in [-0.3, -0.25) is 0 Å². The van der Waals surface area contributed by atoms with E-state index < -0.39 is 0 Å². The second-order valence-electron chi connectivity index (χ2n) is 4.06. The molecular weight excluding hydrogens is 190 g/mol. The number of ether oxygens (including phenoxy) is 1. The Morgan fingerprint density at radius 3 is 2.80 bits per heavy atom. The smallest absolute Gasteiger partial charge is 0.0951 e. The van der Waals surface area contributed by atoms with Crippen LogP contribution in [0.5, 0.6) is 0 Å². The summed E-state index contributed by atoms with van der Waals surface area (Å²) in [6, 6.07) is 0.462. The van der Waals surface area contributed by atoms with Gasteiger partial charge in [0.2, 0.25) is 0 Å². The van der Waals surface area contributed by atoms with E-state index in [2.05, 4.69) is 28.7 Å². The maximum atomic E-state index is 5.16. The Morgan fingerprint density at radius 1 is 1.47 bits per heavy atom. The van der Waals surface area contributed by atoms with Gasteiger partial charge in [-0.2, -0.15) is 0 Å². The summed E-state index contributed by atoms with van der Waals surface area (Å²) < 4.78 is 7.33. The molecule has 0 aliphatic heterocycles. The standard InChI is InChI=1S/C11H21N3O/c1-9(2)14-8-13-7-11(14)6-12-5-10(3)15-4/h7-10,12H,5-6H2,1-4H3. The van der Waals surface area contributed by atoms with Gasteiger partial charge in [-0.25, -0.2) is 4.98 Å². The van der Waals surface area contributed by atoms with Crippen LogP contribution in [0.4, 0.5) is 0 Å². The van der Waals surface area contributed by atoms with Crippen molar-refractivity contribution in [1.29, 1.82) is 0 Å². The second kappa shape index (κ2) is 5.88. The molecule has 0 aliphatic rings. The van der Waals surface area contributed by atoms with E-state index in [1.54, 1.807) is 7.11 Å². The first-order valence-corrected chi connectivity index (χ1v) is 5.39. The lowest BCUT2D eigenvalue weighted by atomic mass is 10.3. The van der Waals surface area contributed by atoms with E-state index in [0.29, 0.717) is 6.04 Å². The molecule has 0 saturated heterocycles. The largest absolute Gasteiger partial charge is 0.380 e. The van der Waals surface area contributed by atoms with Gasteiger partial charge in [-0.15, -0.1) is 0 Å². The van der Waals surface area contributed by atoms with Crippen LogP contribution >= 0.6 is 0 Å². The first-order chi connectivity index (χ1) is 7.15. The van der Waals surface area contributed by atoms with Gasteiger partial charge in [0.25, 0.3) is 0 Å².